The first kappa shape index (κ1) is 6.39. The second kappa shape index (κ2) is 2.71. The lowest BCUT2D eigenvalue weighted by Crippen LogP contribution is -2.48. The van der Waals surface area contributed by atoms with Crippen molar-refractivity contribution in [2.24, 2.45) is 5.92 Å². The van der Waals surface area contributed by atoms with Gasteiger partial charge in [-0.3, -0.25) is 10.9 Å². The quantitative estimate of drug-likeness (QED) is 0.405. The van der Waals surface area contributed by atoms with Crippen LogP contribution >= 0.6 is 12.6 Å². The molecule has 1 saturated heterocycles. The van der Waals surface area contributed by atoms with Gasteiger partial charge in [-0.15, -0.1) is 0 Å². The number of hydrazine groups is 1. The van der Waals surface area contributed by atoms with Gasteiger partial charge in [0.1, 0.15) is 0 Å². The summed E-state index contributed by atoms with van der Waals surface area (Å²) in [7, 11) is 0. The molecule has 0 aromatic heterocycles. The Morgan fingerprint density at radius 3 is 2.38 bits per heavy atom. The van der Waals surface area contributed by atoms with Crippen LogP contribution in [0.15, 0.2) is 0 Å². The van der Waals surface area contributed by atoms with Crippen molar-refractivity contribution < 1.29 is 0 Å². The molecule has 2 N–H and O–H groups in total. The van der Waals surface area contributed by atoms with Crippen molar-refractivity contribution in [3.05, 3.63) is 0 Å². The zero-order chi connectivity index (χ0) is 5.98. The number of rotatable bonds is 0. The molecule has 1 rings (SSSR count). The summed E-state index contributed by atoms with van der Waals surface area (Å²) in [5, 5.41) is 0.524. The van der Waals surface area contributed by atoms with Crippen LogP contribution < -0.4 is 10.9 Å². The zero-order valence-corrected chi connectivity index (χ0v) is 5.91. The maximum Gasteiger partial charge on any atom is 0.0220 e. The first-order chi connectivity index (χ1) is 3.80. The van der Waals surface area contributed by atoms with Gasteiger partial charge in [-0.25, -0.2) is 0 Å². The molecule has 48 valence electrons. The largest absolute Gasteiger partial charge is 0.258 e. The van der Waals surface area contributed by atoms with Crippen LogP contribution in [0.1, 0.15) is 6.92 Å². The third-order valence-electron chi connectivity index (χ3n) is 1.52. The van der Waals surface area contributed by atoms with E-state index in [1.54, 1.807) is 0 Å². The molecule has 0 saturated carbocycles. The molecule has 2 unspecified atom stereocenters. The van der Waals surface area contributed by atoms with E-state index in [1.165, 1.54) is 0 Å². The molecule has 0 radical (unpaired) electrons. The van der Waals surface area contributed by atoms with Gasteiger partial charge >= 0.3 is 0 Å². The molecule has 1 aliphatic rings. The molecule has 2 nitrogen and oxygen atoms in total. The molecule has 1 fully saturated rings. The van der Waals surface area contributed by atoms with Gasteiger partial charge in [-0.2, -0.15) is 12.6 Å². The lowest BCUT2D eigenvalue weighted by molar-refractivity contribution is 0.367. The lowest BCUT2D eigenvalue weighted by atomic mass is 10.1. The smallest absolute Gasteiger partial charge is 0.0220 e. The number of hydrogen-bond donors (Lipinski definition) is 3. The van der Waals surface area contributed by atoms with Gasteiger partial charge in [-0.1, -0.05) is 6.92 Å². The van der Waals surface area contributed by atoms with Crippen molar-refractivity contribution in [3.8, 4) is 0 Å². The van der Waals surface area contributed by atoms with Crippen LogP contribution in [0.5, 0.6) is 0 Å². The van der Waals surface area contributed by atoms with Crippen LogP contribution in [-0.2, 0) is 0 Å². The van der Waals surface area contributed by atoms with Gasteiger partial charge < -0.3 is 0 Å². The topological polar surface area (TPSA) is 24.1 Å². The highest BCUT2D eigenvalue weighted by atomic mass is 32.1. The van der Waals surface area contributed by atoms with Gasteiger partial charge in [0, 0.05) is 18.3 Å². The van der Waals surface area contributed by atoms with E-state index in [9.17, 15) is 0 Å². The van der Waals surface area contributed by atoms with Crippen LogP contribution in [-0.4, -0.2) is 18.3 Å². The molecule has 8 heavy (non-hydrogen) atoms. The molecule has 2 atom stereocenters. The van der Waals surface area contributed by atoms with Crippen molar-refractivity contribution in [3.63, 3.8) is 0 Å². The summed E-state index contributed by atoms with van der Waals surface area (Å²) in [6, 6.07) is 0. The van der Waals surface area contributed by atoms with Gasteiger partial charge in [0.2, 0.25) is 0 Å². The predicted octanol–water partition coefficient (Wildman–Crippen LogP) is 0.0287. The Morgan fingerprint density at radius 1 is 1.38 bits per heavy atom. The highest BCUT2D eigenvalue weighted by molar-refractivity contribution is 7.81. The molecular weight excluding hydrogens is 120 g/mol. The summed E-state index contributed by atoms with van der Waals surface area (Å²) >= 11 is 4.35. The van der Waals surface area contributed by atoms with Gasteiger partial charge in [0.25, 0.3) is 0 Å². The zero-order valence-electron chi connectivity index (χ0n) is 5.02. The Balaban J connectivity index is 2.28. The number of thiol groups is 1. The minimum absolute atomic E-state index is 0.524. The molecule has 0 bridgehead atoms. The van der Waals surface area contributed by atoms with Crippen molar-refractivity contribution >= 4 is 12.6 Å². The molecule has 3 heteroatoms. The molecule has 0 aromatic rings. The van der Waals surface area contributed by atoms with Crippen LogP contribution in [0.2, 0.25) is 0 Å². The van der Waals surface area contributed by atoms with E-state index >= 15 is 0 Å². The third-order valence-corrected chi connectivity index (χ3v) is 2.21. The molecular formula is C5H12N2S. The van der Waals surface area contributed by atoms with Crippen molar-refractivity contribution in [2.75, 3.05) is 13.1 Å². The molecule has 1 aliphatic heterocycles. The fourth-order valence-corrected chi connectivity index (χ4v) is 0.944. The SMILES string of the molecule is CC1CNNCC1S. The van der Waals surface area contributed by atoms with Crippen molar-refractivity contribution in [1.29, 1.82) is 0 Å². The first-order valence-electron chi connectivity index (χ1n) is 2.94. The Hall–Kier alpha value is 0.270. The maximum absolute atomic E-state index is 4.35. The summed E-state index contributed by atoms with van der Waals surface area (Å²) < 4.78 is 0. The van der Waals surface area contributed by atoms with E-state index in [0.717, 1.165) is 13.1 Å². The summed E-state index contributed by atoms with van der Waals surface area (Å²) in [6.45, 7) is 4.21. The molecule has 0 spiro atoms. The van der Waals surface area contributed by atoms with E-state index in [2.05, 4.69) is 30.4 Å². The second-order valence-electron chi connectivity index (χ2n) is 2.31. The molecule has 1 heterocycles. The normalized spacial score (nSPS) is 39.8. The number of hydrogen-bond acceptors (Lipinski definition) is 3. The van der Waals surface area contributed by atoms with Crippen LogP contribution in [0.3, 0.4) is 0 Å². The van der Waals surface area contributed by atoms with Crippen LogP contribution in [0.25, 0.3) is 0 Å². The van der Waals surface area contributed by atoms with E-state index in [0.29, 0.717) is 11.2 Å². The van der Waals surface area contributed by atoms with Crippen LogP contribution in [0, 0.1) is 5.92 Å². The molecule has 0 amide bonds. The first-order valence-corrected chi connectivity index (χ1v) is 3.46. The highest BCUT2D eigenvalue weighted by Crippen LogP contribution is 2.09. The van der Waals surface area contributed by atoms with Gasteiger partial charge in [0.15, 0.2) is 0 Å². The van der Waals surface area contributed by atoms with Crippen molar-refractivity contribution in [2.45, 2.75) is 12.2 Å². The summed E-state index contributed by atoms with van der Waals surface area (Å²) in [6.07, 6.45) is 0. The second-order valence-corrected chi connectivity index (χ2v) is 2.97. The van der Waals surface area contributed by atoms with E-state index < -0.39 is 0 Å². The fourth-order valence-electron chi connectivity index (χ4n) is 0.747. The summed E-state index contributed by atoms with van der Waals surface area (Å²) in [4.78, 5) is 0. The van der Waals surface area contributed by atoms with E-state index in [1.807, 2.05) is 0 Å². The monoisotopic (exact) mass is 132 g/mol. The fraction of sp³-hybridized carbons (Fsp3) is 1.00. The average Bonchev–Trinajstić information content (AvgIpc) is 1.77. The van der Waals surface area contributed by atoms with Gasteiger partial charge in [-0.05, 0) is 5.92 Å². The molecule has 0 aliphatic carbocycles. The van der Waals surface area contributed by atoms with Crippen LogP contribution in [0.4, 0.5) is 0 Å². The molecule has 0 aromatic carbocycles. The van der Waals surface area contributed by atoms with Crippen molar-refractivity contribution in [1.82, 2.24) is 10.9 Å². The Labute approximate surface area is 55.4 Å². The minimum atomic E-state index is 0.524. The standard InChI is InChI=1S/C5H12N2S/c1-4-2-6-7-3-5(4)8/h4-8H,2-3H2,1H3. The van der Waals surface area contributed by atoms with E-state index in [-0.39, 0.29) is 0 Å². The van der Waals surface area contributed by atoms with E-state index in [4.69, 9.17) is 0 Å². The predicted molar refractivity (Wildman–Crippen MR) is 37.9 cm³/mol. The summed E-state index contributed by atoms with van der Waals surface area (Å²) in [5.74, 6) is 0.694. The summed E-state index contributed by atoms with van der Waals surface area (Å²) in [5.41, 5.74) is 6.10. The average molecular weight is 132 g/mol. The van der Waals surface area contributed by atoms with Gasteiger partial charge in [0.05, 0.1) is 0 Å². The Bertz CT molecular complexity index is 66.8. The maximum atomic E-state index is 4.35. The lowest BCUT2D eigenvalue weighted by Gasteiger charge is -2.25. The number of nitrogens with one attached hydrogen (secondary N) is 2. The highest BCUT2D eigenvalue weighted by Gasteiger charge is 2.15. The Morgan fingerprint density at radius 2 is 2.00 bits per heavy atom. The third kappa shape index (κ3) is 1.37. The minimum Gasteiger partial charge on any atom is -0.258 e. The Kier molecular flexibility index (Phi) is 2.16.